The number of para-hydroxylation sites is 1. The van der Waals surface area contributed by atoms with E-state index >= 15 is 0 Å². The van der Waals surface area contributed by atoms with Gasteiger partial charge in [-0.25, -0.2) is 9.18 Å². The van der Waals surface area contributed by atoms with Crippen LogP contribution in [0.5, 0.6) is 23.0 Å². The molecular weight excluding hydrogens is 427 g/mol. The fourth-order valence-electron chi connectivity index (χ4n) is 3.33. The Balaban J connectivity index is 1.68. The van der Waals surface area contributed by atoms with Crippen molar-refractivity contribution in [2.45, 2.75) is 13.8 Å². The van der Waals surface area contributed by atoms with E-state index in [1.165, 1.54) is 30.3 Å². The fourth-order valence-corrected chi connectivity index (χ4v) is 3.33. The van der Waals surface area contributed by atoms with Crippen molar-refractivity contribution in [1.29, 1.82) is 0 Å². The van der Waals surface area contributed by atoms with Gasteiger partial charge in [0.25, 0.3) is 0 Å². The Morgan fingerprint density at radius 2 is 1.76 bits per heavy atom. The Hall–Kier alpha value is -4.13. The third kappa shape index (κ3) is 4.72. The Labute approximate surface area is 190 Å². The number of hydrogen-bond donors (Lipinski definition) is 0. The van der Waals surface area contributed by atoms with E-state index < -0.39 is 11.8 Å². The summed E-state index contributed by atoms with van der Waals surface area (Å²) in [7, 11) is 0. The summed E-state index contributed by atoms with van der Waals surface area (Å²) in [6.45, 7) is 4.49. The van der Waals surface area contributed by atoms with Crippen LogP contribution in [0.1, 0.15) is 40.1 Å². The number of Topliss-reactive ketones (excluding diaryl/α,β-unsaturated/α-hetero) is 1. The average molecular weight is 448 g/mol. The highest BCUT2D eigenvalue weighted by Gasteiger charge is 2.28. The number of hydrogen-bond acceptors (Lipinski definition) is 6. The zero-order valence-electron chi connectivity index (χ0n) is 18.1. The lowest BCUT2D eigenvalue weighted by Crippen LogP contribution is -2.11. The number of ketones is 1. The van der Waals surface area contributed by atoms with Crippen LogP contribution in [0.4, 0.5) is 4.39 Å². The molecule has 0 saturated carbocycles. The first-order chi connectivity index (χ1) is 16.0. The smallest absolute Gasteiger partial charge is 0.343 e. The summed E-state index contributed by atoms with van der Waals surface area (Å²) in [6, 6.07) is 15.1. The van der Waals surface area contributed by atoms with Gasteiger partial charge in [-0.3, -0.25) is 4.79 Å². The Bertz CT molecular complexity index is 1230. The summed E-state index contributed by atoms with van der Waals surface area (Å²) in [6.07, 6.45) is 1.50. The number of rotatable bonds is 7. The molecule has 0 N–H and O–H groups in total. The molecule has 0 bridgehead atoms. The van der Waals surface area contributed by atoms with Crippen LogP contribution in [-0.4, -0.2) is 25.0 Å². The first-order valence-corrected chi connectivity index (χ1v) is 10.4. The lowest BCUT2D eigenvalue weighted by atomic mass is 10.1. The molecule has 168 valence electrons. The molecule has 1 heterocycles. The van der Waals surface area contributed by atoms with Crippen LogP contribution in [0, 0.1) is 5.82 Å². The minimum atomic E-state index is -0.690. The number of carbonyl (C=O) groups excluding carboxylic acids is 2. The van der Waals surface area contributed by atoms with Gasteiger partial charge in [-0.05, 0) is 62.4 Å². The maximum Gasteiger partial charge on any atom is 0.343 e. The van der Waals surface area contributed by atoms with Crippen LogP contribution in [0.3, 0.4) is 0 Å². The van der Waals surface area contributed by atoms with Crippen molar-refractivity contribution < 1.29 is 32.9 Å². The lowest BCUT2D eigenvalue weighted by molar-refractivity contribution is 0.0727. The van der Waals surface area contributed by atoms with Gasteiger partial charge in [-0.15, -0.1) is 0 Å². The third-order valence-electron chi connectivity index (χ3n) is 4.82. The number of fused-ring (bicyclic) bond motifs is 1. The van der Waals surface area contributed by atoms with Crippen molar-refractivity contribution in [2.24, 2.45) is 0 Å². The van der Waals surface area contributed by atoms with E-state index in [0.29, 0.717) is 41.6 Å². The molecule has 0 radical (unpaired) electrons. The summed E-state index contributed by atoms with van der Waals surface area (Å²) in [5.74, 6) is 0.0610. The number of halogens is 1. The monoisotopic (exact) mass is 448 g/mol. The highest BCUT2D eigenvalue weighted by molar-refractivity contribution is 6.14. The maximum absolute atomic E-state index is 13.2. The van der Waals surface area contributed by atoms with Crippen molar-refractivity contribution in [3.05, 3.63) is 88.9 Å². The summed E-state index contributed by atoms with van der Waals surface area (Å²) >= 11 is 0. The first-order valence-electron chi connectivity index (χ1n) is 10.4. The Morgan fingerprint density at radius 3 is 2.48 bits per heavy atom. The molecular formula is C26H21FO6. The molecule has 3 aromatic carbocycles. The highest BCUT2D eigenvalue weighted by atomic mass is 19.1. The number of benzene rings is 3. The van der Waals surface area contributed by atoms with Crippen LogP contribution in [0.15, 0.2) is 66.4 Å². The van der Waals surface area contributed by atoms with Gasteiger partial charge >= 0.3 is 5.97 Å². The molecule has 0 aliphatic carbocycles. The van der Waals surface area contributed by atoms with Crippen LogP contribution in [0.2, 0.25) is 0 Å². The van der Waals surface area contributed by atoms with Crippen molar-refractivity contribution >= 4 is 17.8 Å². The number of ether oxygens (including phenoxy) is 4. The average Bonchev–Trinajstić information content (AvgIpc) is 3.11. The van der Waals surface area contributed by atoms with E-state index in [1.54, 1.807) is 43.3 Å². The lowest BCUT2D eigenvalue weighted by Gasteiger charge is -2.13. The van der Waals surface area contributed by atoms with Crippen molar-refractivity contribution in [1.82, 2.24) is 0 Å². The molecule has 0 fully saturated rings. The molecule has 4 rings (SSSR count). The molecule has 1 aliphatic rings. The van der Waals surface area contributed by atoms with Crippen LogP contribution < -0.4 is 18.9 Å². The van der Waals surface area contributed by atoms with Gasteiger partial charge in [0.15, 0.2) is 17.3 Å². The summed E-state index contributed by atoms with van der Waals surface area (Å²) in [5, 5.41) is 0. The second kappa shape index (κ2) is 9.56. The molecule has 0 aromatic heterocycles. The van der Waals surface area contributed by atoms with Crippen LogP contribution in [-0.2, 0) is 0 Å². The SMILES string of the molecule is CCOc1ccc2c(c1)O/C(=C\c1cccc(OCC)c1OC(=O)c1ccc(F)cc1)C2=O. The Kier molecular flexibility index (Phi) is 6.40. The van der Waals surface area contributed by atoms with Crippen molar-refractivity contribution in [3.63, 3.8) is 0 Å². The van der Waals surface area contributed by atoms with E-state index in [-0.39, 0.29) is 22.9 Å². The van der Waals surface area contributed by atoms with E-state index in [9.17, 15) is 14.0 Å². The molecule has 1 aliphatic heterocycles. The number of esters is 1. The molecule has 0 unspecified atom stereocenters. The Morgan fingerprint density at radius 1 is 1.00 bits per heavy atom. The summed E-state index contributed by atoms with van der Waals surface area (Å²) in [4.78, 5) is 25.5. The van der Waals surface area contributed by atoms with Gasteiger partial charge in [0.1, 0.15) is 17.3 Å². The minimum Gasteiger partial charge on any atom is -0.494 e. The first kappa shape index (κ1) is 22.1. The summed E-state index contributed by atoms with van der Waals surface area (Å²) < 4.78 is 35.7. The van der Waals surface area contributed by atoms with Crippen molar-refractivity contribution in [3.8, 4) is 23.0 Å². The van der Waals surface area contributed by atoms with E-state index in [1.807, 2.05) is 6.92 Å². The quantitative estimate of drug-likeness (QED) is 0.272. The molecule has 0 amide bonds. The maximum atomic E-state index is 13.2. The second-order valence-corrected chi connectivity index (χ2v) is 7.03. The molecule has 33 heavy (non-hydrogen) atoms. The standard InChI is InChI=1S/C26H21FO6/c1-3-30-19-12-13-20-22(15-19)32-23(24(20)28)14-17-6-5-7-21(31-4-2)25(17)33-26(29)16-8-10-18(27)11-9-16/h5-15H,3-4H2,1-2H3/b23-14-. The normalized spacial score (nSPS) is 13.4. The molecule has 6 nitrogen and oxygen atoms in total. The van der Waals surface area contributed by atoms with Crippen LogP contribution >= 0.6 is 0 Å². The largest absolute Gasteiger partial charge is 0.494 e. The van der Waals surface area contributed by atoms with E-state index in [0.717, 1.165) is 0 Å². The molecule has 0 spiro atoms. The number of allylic oxidation sites excluding steroid dienone is 1. The predicted octanol–water partition coefficient (Wildman–Crippen LogP) is 5.46. The van der Waals surface area contributed by atoms with E-state index in [2.05, 4.69) is 0 Å². The van der Waals surface area contributed by atoms with Gasteiger partial charge in [0.05, 0.1) is 24.3 Å². The predicted molar refractivity (Wildman–Crippen MR) is 120 cm³/mol. The third-order valence-corrected chi connectivity index (χ3v) is 4.82. The summed E-state index contributed by atoms with van der Waals surface area (Å²) in [5.41, 5.74) is 0.999. The molecule has 7 heteroatoms. The minimum absolute atomic E-state index is 0.0754. The van der Waals surface area contributed by atoms with Gasteiger partial charge in [-0.2, -0.15) is 0 Å². The highest BCUT2D eigenvalue weighted by Crippen LogP contribution is 2.38. The van der Waals surface area contributed by atoms with Crippen molar-refractivity contribution in [2.75, 3.05) is 13.2 Å². The van der Waals surface area contributed by atoms with Crippen LogP contribution in [0.25, 0.3) is 6.08 Å². The van der Waals surface area contributed by atoms with Gasteiger partial charge < -0.3 is 18.9 Å². The van der Waals surface area contributed by atoms with E-state index in [4.69, 9.17) is 18.9 Å². The van der Waals surface area contributed by atoms with Gasteiger partial charge in [-0.1, -0.05) is 12.1 Å². The molecule has 0 saturated heterocycles. The van der Waals surface area contributed by atoms with Gasteiger partial charge in [0.2, 0.25) is 5.78 Å². The number of carbonyl (C=O) groups is 2. The zero-order chi connectivity index (χ0) is 23.4. The topological polar surface area (TPSA) is 71.1 Å². The molecule has 0 atom stereocenters. The molecule has 3 aromatic rings. The fraction of sp³-hybridized carbons (Fsp3) is 0.154. The zero-order valence-corrected chi connectivity index (χ0v) is 18.1. The van der Waals surface area contributed by atoms with Gasteiger partial charge in [0, 0.05) is 11.6 Å². The second-order valence-electron chi connectivity index (χ2n) is 7.03.